The van der Waals surface area contributed by atoms with Crippen LogP contribution in [0, 0.1) is 0 Å². The molecule has 4 heteroatoms. The standard InChI is InChI=1S/C17H25NO2S/c1-14(2)16-8-10-17(11-9-16)21(19,20)18-13-12-15-6-4-3-5-7-15/h6,8-11,14,18H,3-5,7,12-13H2,1-2H3. The predicted molar refractivity (Wildman–Crippen MR) is 86.9 cm³/mol. The topological polar surface area (TPSA) is 46.2 Å². The van der Waals surface area contributed by atoms with E-state index in [2.05, 4.69) is 24.6 Å². The van der Waals surface area contributed by atoms with Crippen LogP contribution < -0.4 is 4.72 Å². The first-order valence-electron chi connectivity index (χ1n) is 7.76. The van der Waals surface area contributed by atoms with E-state index in [1.807, 2.05) is 12.1 Å². The summed E-state index contributed by atoms with van der Waals surface area (Å²) in [5, 5.41) is 0. The van der Waals surface area contributed by atoms with E-state index in [9.17, 15) is 8.42 Å². The van der Waals surface area contributed by atoms with E-state index < -0.39 is 10.0 Å². The third-order valence-corrected chi connectivity index (χ3v) is 5.46. The van der Waals surface area contributed by atoms with Gasteiger partial charge in [0.15, 0.2) is 0 Å². The molecule has 2 rings (SSSR count). The van der Waals surface area contributed by atoms with Crippen molar-refractivity contribution in [1.82, 2.24) is 4.72 Å². The van der Waals surface area contributed by atoms with Gasteiger partial charge in [0, 0.05) is 6.54 Å². The summed E-state index contributed by atoms with van der Waals surface area (Å²) in [6.07, 6.45) is 7.83. The molecule has 0 spiro atoms. The lowest BCUT2D eigenvalue weighted by molar-refractivity contribution is 0.579. The van der Waals surface area contributed by atoms with Gasteiger partial charge < -0.3 is 0 Å². The van der Waals surface area contributed by atoms with Crippen LogP contribution in [0.25, 0.3) is 0 Å². The molecule has 0 radical (unpaired) electrons. The number of nitrogens with one attached hydrogen (secondary N) is 1. The van der Waals surface area contributed by atoms with Crippen molar-refractivity contribution in [3.63, 3.8) is 0 Å². The van der Waals surface area contributed by atoms with Crippen LogP contribution in [0.4, 0.5) is 0 Å². The molecule has 1 aliphatic rings. The molecule has 0 aliphatic heterocycles. The Bertz CT molecular complexity index is 586. The second-order valence-corrected chi connectivity index (χ2v) is 7.75. The van der Waals surface area contributed by atoms with E-state index in [1.165, 1.54) is 18.4 Å². The molecule has 0 saturated heterocycles. The van der Waals surface area contributed by atoms with Gasteiger partial charge in [-0.15, -0.1) is 0 Å². The Morgan fingerprint density at radius 1 is 1.14 bits per heavy atom. The smallest absolute Gasteiger partial charge is 0.211 e. The normalized spacial score (nSPS) is 16.0. The maximum Gasteiger partial charge on any atom is 0.240 e. The van der Waals surface area contributed by atoms with Crippen molar-refractivity contribution in [1.29, 1.82) is 0 Å². The number of hydrogen-bond acceptors (Lipinski definition) is 2. The van der Waals surface area contributed by atoms with Gasteiger partial charge in [-0.25, -0.2) is 13.1 Å². The highest BCUT2D eigenvalue weighted by atomic mass is 32.2. The molecule has 1 aromatic carbocycles. The second-order valence-electron chi connectivity index (χ2n) is 5.98. The minimum Gasteiger partial charge on any atom is -0.211 e. The average Bonchev–Trinajstić information content (AvgIpc) is 2.48. The van der Waals surface area contributed by atoms with Crippen molar-refractivity contribution < 1.29 is 8.42 Å². The Hall–Kier alpha value is -1.13. The van der Waals surface area contributed by atoms with Crippen LogP contribution in [-0.4, -0.2) is 15.0 Å². The average molecular weight is 307 g/mol. The third-order valence-electron chi connectivity index (χ3n) is 3.98. The van der Waals surface area contributed by atoms with Crippen LogP contribution >= 0.6 is 0 Å². The summed E-state index contributed by atoms with van der Waals surface area (Å²) >= 11 is 0. The summed E-state index contributed by atoms with van der Waals surface area (Å²) in [4.78, 5) is 0.351. The van der Waals surface area contributed by atoms with Gasteiger partial charge >= 0.3 is 0 Å². The van der Waals surface area contributed by atoms with E-state index >= 15 is 0 Å². The fourth-order valence-corrected chi connectivity index (χ4v) is 3.62. The Labute approximate surface area is 128 Å². The van der Waals surface area contributed by atoms with Crippen molar-refractivity contribution in [2.75, 3.05) is 6.54 Å². The summed E-state index contributed by atoms with van der Waals surface area (Å²) in [5.41, 5.74) is 2.54. The lowest BCUT2D eigenvalue weighted by Gasteiger charge is -2.13. The molecule has 1 N–H and O–H groups in total. The molecule has 0 unspecified atom stereocenters. The fourth-order valence-electron chi connectivity index (χ4n) is 2.59. The molecule has 3 nitrogen and oxygen atoms in total. The van der Waals surface area contributed by atoms with Crippen molar-refractivity contribution in [3.8, 4) is 0 Å². The highest BCUT2D eigenvalue weighted by Gasteiger charge is 2.14. The molecule has 0 saturated carbocycles. The van der Waals surface area contributed by atoms with Gasteiger partial charge in [0.25, 0.3) is 0 Å². The molecule has 0 atom stereocenters. The first-order valence-corrected chi connectivity index (χ1v) is 9.25. The molecule has 1 aromatic rings. The van der Waals surface area contributed by atoms with Crippen LogP contribution in [0.5, 0.6) is 0 Å². The Balaban J connectivity index is 1.93. The third kappa shape index (κ3) is 4.68. The molecule has 0 fully saturated rings. The van der Waals surface area contributed by atoms with Crippen LogP contribution in [0.2, 0.25) is 0 Å². The highest BCUT2D eigenvalue weighted by molar-refractivity contribution is 7.89. The molecule has 1 aliphatic carbocycles. The van der Waals surface area contributed by atoms with Crippen LogP contribution in [0.1, 0.15) is 57.4 Å². The predicted octanol–water partition coefficient (Wildman–Crippen LogP) is 3.98. The van der Waals surface area contributed by atoms with Crippen molar-refractivity contribution >= 4 is 10.0 Å². The van der Waals surface area contributed by atoms with Crippen LogP contribution in [0.3, 0.4) is 0 Å². The van der Waals surface area contributed by atoms with Gasteiger partial charge in [0.2, 0.25) is 10.0 Å². The minimum atomic E-state index is -3.38. The Morgan fingerprint density at radius 2 is 1.86 bits per heavy atom. The van der Waals surface area contributed by atoms with Crippen LogP contribution in [-0.2, 0) is 10.0 Å². The van der Waals surface area contributed by atoms with Gasteiger partial charge in [0.1, 0.15) is 0 Å². The van der Waals surface area contributed by atoms with Gasteiger partial charge in [-0.05, 0) is 55.7 Å². The zero-order chi connectivity index (χ0) is 15.3. The van der Waals surface area contributed by atoms with Gasteiger partial charge in [0.05, 0.1) is 4.90 Å². The van der Waals surface area contributed by atoms with E-state index in [-0.39, 0.29) is 0 Å². The van der Waals surface area contributed by atoms with E-state index in [0.29, 0.717) is 17.4 Å². The van der Waals surface area contributed by atoms with Gasteiger partial charge in [-0.3, -0.25) is 0 Å². The molecule has 0 bridgehead atoms. The molecule has 0 amide bonds. The number of allylic oxidation sites excluding steroid dienone is 1. The largest absolute Gasteiger partial charge is 0.240 e. The summed E-state index contributed by atoms with van der Waals surface area (Å²) in [7, 11) is -3.38. The maximum atomic E-state index is 12.2. The quantitative estimate of drug-likeness (QED) is 0.808. The first-order chi connectivity index (χ1) is 9.99. The summed E-state index contributed by atoms with van der Waals surface area (Å²) in [6, 6.07) is 7.17. The molecule has 0 aromatic heterocycles. The summed E-state index contributed by atoms with van der Waals surface area (Å²) in [5.74, 6) is 0.410. The summed E-state index contributed by atoms with van der Waals surface area (Å²) < 4.78 is 27.2. The SMILES string of the molecule is CC(C)c1ccc(S(=O)(=O)NCCC2=CCCCC2)cc1. The molecule has 21 heavy (non-hydrogen) atoms. The highest BCUT2D eigenvalue weighted by Crippen LogP contribution is 2.20. The number of sulfonamides is 1. The number of rotatable bonds is 6. The van der Waals surface area contributed by atoms with Crippen molar-refractivity contribution in [2.45, 2.75) is 56.8 Å². The Kier molecular flexibility index (Phi) is 5.59. The van der Waals surface area contributed by atoms with E-state index in [4.69, 9.17) is 0 Å². The van der Waals surface area contributed by atoms with E-state index in [0.717, 1.165) is 24.8 Å². The van der Waals surface area contributed by atoms with Crippen LogP contribution in [0.15, 0.2) is 40.8 Å². The lowest BCUT2D eigenvalue weighted by Crippen LogP contribution is -2.25. The molecule has 116 valence electrons. The number of benzene rings is 1. The molecule has 0 heterocycles. The van der Waals surface area contributed by atoms with E-state index in [1.54, 1.807) is 12.1 Å². The van der Waals surface area contributed by atoms with Gasteiger partial charge in [-0.2, -0.15) is 0 Å². The zero-order valence-corrected chi connectivity index (χ0v) is 13.7. The second kappa shape index (κ2) is 7.23. The fraction of sp³-hybridized carbons (Fsp3) is 0.529. The molecular weight excluding hydrogens is 282 g/mol. The van der Waals surface area contributed by atoms with Crippen molar-refractivity contribution in [3.05, 3.63) is 41.5 Å². The maximum absolute atomic E-state index is 12.2. The minimum absolute atomic E-state index is 0.351. The summed E-state index contributed by atoms with van der Waals surface area (Å²) in [6.45, 7) is 4.68. The lowest BCUT2D eigenvalue weighted by atomic mass is 9.97. The number of hydrogen-bond donors (Lipinski definition) is 1. The Morgan fingerprint density at radius 3 is 2.43 bits per heavy atom. The van der Waals surface area contributed by atoms with Gasteiger partial charge in [-0.1, -0.05) is 37.6 Å². The monoisotopic (exact) mass is 307 g/mol. The zero-order valence-electron chi connectivity index (χ0n) is 12.9. The molecular formula is C17H25NO2S. The van der Waals surface area contributed by atoms with Crippen molar-refractivity contribution in [2.24, 2.45) is 0 Å². The first kappa shape index (κ1) is 16.2.